The number of nitrogens with two attached hydrogens (primary N) is 1. The van der Waals surface area contributed by atoms with Crippen molar-refractivity contribution in [1.82, 2.24) is 4.98 Å². The van der Waals surface area contributed by atoms with Gasteiger partial charge in [-0.15, -0.1) is 0 Å². The molecule has 2 rings (SSSR count). The number of ether oxygens (including phenoxy) is 1. The number of hydrogen-bond acceptors (Lipinski definition) is 2. The van der Waals surface area contributed by atoms with Crippen molar-refractivity contribution in [3.8, 4) is 0 Å². The molecule has 1 aliphatic heterocycles. The lowest BCUT2D eigenvalue weighted by atomic mass is 10.1. The zero-order valence-electron chi connectivity index (χ0n) is 7.10. The van der Waals surface area contributed by atoms with E-state index in [1.807, 2.05) is 0 Å². The van der Waals surface area contributed by atoms with E-state index in [0.29, 0.717) is 6.54 Å². The van der Waals surface area contributed by atoms with Crippen LogP contribution >= 0.6 is 0 Å². The van der Waals surface area contributed by atoms with Crippen LogP contribution in [-0.2, 0) is 24.2 Å². The highest BCUT2D eigenvalue weighted by atomic mass is 16.5. The SMILES string of the molecule is NCCc1cc2c([nH]1)COCC2. The average Bonchev–Trinajstić information content (AvgIpc) is 2.47. The van der Waals surface area contributed by atoms with Gasteiger partial charge in [0.1, 0.15) is 0 Å². The first kappa shape index (κ1) is 7.83. The van der Waals surface area contributed by atoms with Gasteiger partial charge in [-0.3, -0.25) is 0 Å². The molecular formula is C9H14N2O. The molecule has 3 heteroatoms. The van der Waals surface area contributed by atoms with Gasteiger partial charge >= 0.3 is 0 Å². The molecule has 0 fully saturated rings. The topological polar surface area (TPSA) is 51.0 Å². The normalized spacial score (nSPS) is 16.1. The Balaban J connectivity index is 2.20. The Morgan fingerprint density at radius 1 is 1.58 bits per heavy atom. The second kappa shape index (κ2) is 3.29. The lowest BCUT2D eigenvalue weighted by molar-refractivity contribution is 0.108. The number of fused-ring (bicyclic) bond motifs is 1. The van der Waals surface area contributed by atoms with Crippen molar-refractivity contribution in [2.45, 2.75) is 19.4 Å². The standard InChI is InChI=1S/C9H14N2O/c10-3-1-8-5-7-2-4-12-6-9(7)11-8/h5,11H,1-4,6,10H2. The molecule has 1 aromatic rings. The summed E-state index contributed by atoms with van der Waals surface area (Å²) in [6, 6.07) is 2.21. The summed E-state index contributed by atoms with van der Waals surface area (Å²) in [5, 5.41) is 0. The van der Waals surface area contributed by atoms with Crippen LogP contribution in [0.4, 0.5) is 0 Å². The highest BCUT2D eigenvalue weighted by Gasteiger charge is 2.11. The van der Waals surface area contributed by atoms with Crippen molar-refractivity contribution in [2.24, 2.45) is 5.73 Å². The van der Waals surface area contributed by atoms with Gasteiger partial charge < -0.3 is 15.5 Å². The maximum absolute atomic E-state index is 5.47. The smallest absolute Gasteiger partial charge is 0.0868 e. The molecule has 0 radical (unpaired) electrons. The van der Waals surface area contributed by atoms with E-state index in [-0.39, 0.29) is 0 Å². The Hall–Kier alpha value is -0.800. The molecule has 0 aromatic carbocycles. The van der Waals surface area contributed by atoms with Gasteiger partial charge in [-0.1, -0.05) is 0 Å². The highest BCUT2D eigenvalue weighted by molar-refractivity contribution is 5.27. The van der Waals surface area contributed by atoms with Crippen LogP contribution in [0.25, 0.3) is 0 Å². The fourth-order valence-corrected chi connectivity index (χ4v) is 1.61. The number of hydrogen-bond donors (Lipinski definition) is 2. The van der Waals surface area contributed by atoms with Crippen molar-refractivity contribution >= 4 is 0 Å². The molecule has 2 heterocycles. The lowest BCUT2D eigenvalue weighted by Crippen LogP contribution is -2.07. The van der Waals surface area contributed by atoms with Gasteiger partial charge in [0.2, 0.25) is 0 Å². The van der Waals surface area contributed by atoms with Crippen molar-refractivity contribution in [3.05, 3.63) is 23.0 Å². The van der Waals surface area contributed by atoms with Crippen molar-refractivity contribution in [1.29, 1.82) is 0 Å². The molecular weight excluding hydrogens is 152 g/mol. The minimum absolute atomic E-state index is 0.709. The molecule has 12 heavy (non-hydrogen) atoms. The molecule has 1 aromatic heterocycles. The predicted molar refractivity (Wildman–Crippen MR) is 46.9 cm³/mol. The molecule has 1 aliphatic rings. The Morgan fingerprint density at radius 3 is 3.25 bits per heavy atom. The van der Waals surface area contributed by atoms with Crippen LogP contribution in [0, 0.1) is 0 Å². The Kier molecular flexibility index (Phi) is 2.15. The van der Waals surface area contributed by atoms with Crippen molar-refractivity contribution in [2.75, 3.05) is 13.2 Å². The van der Waals surface area contributed by atoms with Gasteiger partial charge in [0.25, 0.3) is 0 Å². The summed E-state index contributed by atoms with van der Waals surface area (Å²) in [4.78, 5) is 3.33. The maximum Gasteiger partial charge on any atom is 0.0868 e. The van der Waals surface area contributed by atoms with Gasteiger partial charge in [-0.2, -0.15) is 0 Å². The van der Waals surface area contributed by atoms with E-state index in [2.05, 4.69) is 11.1 Å². The summed E-state index contributed by atoms with van der Waals surface area (Å²) in [6.45, 7) is 2.30. The fraction of sp³-hybridized carbons (Fsp3) is 0.556. The molecule has 0 saturated heterocycles. The average molecular weight is 166 g/mol. The van der Waals surface area contributed by atoms with Crippen molar-refractivity contribution in [3.63, 3.8) is 0 Å². The molecule has 0 amide bonds. The van der Waals surface area contributed by atoms with Gasteiger partial charge in [-0.25, -0.2) is 0 Å². The Morgan fingerprint density at radius 2 is 2.50 bits per heavy atom. The van der Waals surface area contributed by atoms with E-state index in [1.165, 1.54) is 17.0 Å². The van der Waals surface area contributed by atoms with E-state index in [4.69, 9.17) is 10.5 Å². The number of aromatic amines is 1. The zero-order valence-corrected chi connectivity index (χ0v) is 7.10. The van der Waals surface area contributed by atoms with Gasteiger partial charge in [-0.05, 0) is 31.0 Å². The summed E-state index contributed by atoms with van der Waals surface area (Å²) >= 11 is 0. The Bertz CT molecular complexity index is 244. The van der Waals surface area contributed by atoms with Crippen LogP contribution in [0.5, 0.6) is 0 Å². The van der Waals surface area contributed by atoms with Crippen LogP contribution in [0.1, 0.15) is 17.0 Å². The number of aromatic nitrogens is 1. The van der Waals surface area contributed by atoms with E-state index in [1.54, 1.807) is 0 Å². The van der Waals surface area contributed by atoms with Crippen LogP contribution in [-0.4, -0.2) is 18.1 Å². The van der Waals surface area contributed by atoms with Crippen LogP contribution in [0.15, 0.2) is 6.07 Å². The first-order valence-corrected chi connectivity index (χ1v) is 4.37. The van der Waals surface area contributed by atoms with Crippen LogP contribution in [0.2, 0.25) is 0 Å². The third-order valence-electron chi connectivity index (χ3n) is 2.22. The minimum atomic E-state index is 0.709. The summed E-state index contributed by atoms with van der Waals surface area (Å²) in [5.74, 6) is 0. The van der Waals surface area contributed by atoms with E-state index in [0.717, 1.165) is 26.1 Å². The van der Waals surface area contributed by atoms with Crippen LogP contribution < -0.4 is 5.73 Å². The lowest BCUT2D eigenvalue weighted by Gasteiger charge is -2.10. The molecule has 0 atom stereocenters. The molecule has 0 saturated carbocycles. The van der Waals surface area contributed by atoms with Crippen molar-refractivity contribution < 1.29 is 4.74 Å². The van der Waals surface area contributed by atoms with Gasteiger partial charge in [0.15, 0.2) is 0 Å². The molecule has 66 valence electrons. The summed E-state index contributed by atoms with van der Waals surface area (Å²) in [6.07, 6.45) is 1.98. The third-order valence-corrected chi connectivity index (χ3v) is 2.22. The third kappa shape index (κ3) is 1.38. The second-order valence-electron chi connectivity index (χ2n) is 3.14. The monoisotopic (exact) mass is 166 g/mol. The molecule has 0 aliphatic carbocycles. The van der Waals surface area contributed by atoms with E-state index < -0.39 is 0 Å². The molecule has 0 unspecified atom stereocenters. The minimum Gasteiger partial charge on any atom is -0.375 e. The molecule has 3 nitrogen and oxygen atoms in total. The molecule has 0 spiro atoms. The second-order valence-corrected chi connectivity index (χ2v) is 3.14. The van der Waals surface area contributed by atoms with Gasteiger partial charge in [0.05, 0.1) is 13.2 Å². The first-order chi connectivity index (χ1) is 5.90. The summed E-state index contributed by atoms with van der Waals surface area (Å²) in [7, 11) is 0. The quantitative estimate of drug-likeness (QED) is 0.675. The van der Waals surface area contributed by atoms with Crippen LogP contribution in [0.3, 0.4) is 0 Å². The Labute approximate surface area is 71.9 Å². The number of nitrogens with one attached hydrogen (secondary N) is 1. The van der Waals surface area contributed by atoms with E-state index >= 15 is 0 Å². The largest absolute Gasteiger partial charge is 0.375 e. The number of rotatable bonds is 2. The number of H-pyrrole nitrogens is 1. The van der Waals surface area contributed by atoms with Gasteiger partial charge in [0, 0.05) is 11.4 Å². The van der Waals surface area contributed by atoms with E-state index in [9.17, 15) is 0 Å². The molecule has 0 bridgehead atoms. The highest BCUT2D eigenvalue weighted by Crippen LogP contribution is 2.17. The predicted octanol–water partition coefficient (Wildman–Crippen LogP) is 0.589. The molecule has 3 N–H and O–H groups in total. The fourth-order valence-electron chi connectivity index (χ4n) is 1.61. The summed E-state index contributed by atoms with van der Waals surface area (Å²) < 4.78 is 5.32. The zero-order chi connectivity index (χ0) is 8.39. The maximum atomic E-state index is 5.47. The summed E-state index contributed by atoms with van der Waals surface area (Å²) in [5.41, 5.74) is 9.36. The first-order valence-electron chi connectivity index (χ1n) is 4.37.